The van der Waals surface area contributed by atoms with Gasteiger partial charge in [-0.15, -0.1) is 24.0 Å². The number of hydrogen-bond acceptors (Lipinski definition) is 3. The van der Waals surface area contributed by atoms with Crippen LogP contribution in [0, 0.1) is 5.92 Å². The van der Waals surface area contributed by atoms with Gasteiger partial charge in [-0.2, -0.15) is 0 Å². The van der Waals surface area contributed by atoms with Gasteiger partial charge in [0.1, 0.15) is 0 Å². The van der Waals surface area contributed by atoms with Gasteiger partial charge >= 0.3 is 0 Å². The highest BCUT2D eigenvalue weighted by atomic mass is 127. The van der Waals surface area contributed by atoms with Crippen LogP contribution in [0.4, 0.5) is 0 Å². The zero-order valence-corrected chi connectivity index (χ0v) is 20.7. The molecular formula is C20H32BrIN4O2. The lowest BCUT2D eigenvalue weighted by atomic mass is 10.2. The highest BCUT2D eigenvalue weighted by Gasteiger charge is 2.20. The summed E-state index contributed by atoms with van der Waals surface area (Å²) < 4.78 is 6.64. The first-order valence-corrected chi connectivity index (χ1v) is 10.4. The molecule has 1 saturated carbocycles. The van der Waals surface area contributed by atoms with Crippen molar-refractivity contribution in [1.29, 1.82) is 0 Å². The predicted octanol–water partition coefficient (Wildman–Crippen LogP) is 3.40. The van der Waals surface area contributed by atoms with Gasteiger partial charge in [0.25, 0.3) is 0 Å². The summed E-state index contributed by atoms with van der Waals surface area (Å²) in [5, 5.41) is 6.44. The zero-order chi connectivity index (χ0) is 19.5. The Bertz CT molecular complexity index is 626. The maximum absolute atomic E-state index is 12.3. The Hall–Kier alpha value is -0.870. The first-order chi connectivity index (χ1) is 13.1. The number of carbonyl (C=O) groups excluding carboxylic acids is 1. The van der Waals surface area contributed by atoms with Gasteiger partial charge in [-0.3, -0.25) is 9.79 Å². The van der Waals surface area contributed by atoms with E-state index in [9.17, 15) is 4.79 Å². The summed E-state index contributed by atoms with van der Waals surface area (Å²) in [6.45, 7) is 3.63. The number of benzene rings is 1. The van der Waals surface area contributed by atoms with E-state index in [1.807, 2.05) is 31.3 Å². The molecule has 1 aromatic rings. The Morgan fingerprint density at radius 3 is 2.68 bits per heavy atom. The monoisotopic (exact) mass is 566 g/mol. The number of nitrogens with one attached hydrogen (secondary N) is 2. The second-order valence-electron chi connectivity index (χ2n) is 6.89. The van der Waals surface area contributed by atoms with Crippen molar-refractivity contribution in [2.24, 2.45) is 10.9 Å². The van der Waals surface area contributed by atoms with Crippen molar-refractivity contribution in [1.82, 2.24) is 15.5 Å². The molecule has 0 heterocycles. The van der Waals surface area contributed by atoms with Crippen LogP contribution in [-0.4, -0.2) is 57.2 Å². The molecule has 0 atom stereocenters. The molecule has 0 aromatic heterocycles. The molecule has 1 aromatic carbocycles. The normalized spacial score (nSPS) is 13.6. The molecule has 0 radical (unpaired) electrons. The molecular weight excluding hydrogens is 535 g/mol. The smallest absolute Gasteiger partial charge is 0.224 e. The number of aliphatic imine (C=N–C) groups is 1. The van der Waals surface area contributed by atoms with Crippen molar-refractivity contribution in [3.8, 4) is 0 Å². The van der Waals surface area contributed by atoms with Crippen molar-refractivity contribution < 1.29 is 9.53 Å². The second kappa shape index (κ2) is 14.2. The maximum atomic E-state index is 12.3. The molecule has 8 heteroatoms. The van der Waals surface area contributed by atoms with Gasteiger partial charge in [0.2, 0.25) is 5.91 Å². The number of ether oxygens (including phenoxy) is 1. The average molecular weight is 567 g/mol. The fraction of sp³-hybridized carbons (Fsp3) is 0.600. The summed E-state index contributed by atoms with van der Waals surface area (Å²) >= 11 is 3.52. The van der Waals surface area contributed by atoms with Crippen molar-refractivity contribution in [3.05, 3.63) is 34.3 Å². The SMILES string of the molecule is CN=C(NCCCOCC1CC1)NCCC(=O)N(C)Cc1ccccc1Br.I. The number of guanidine groups is 1. The van der Waals surface area contributed by atoms with Crippen LogP contribution < -0.4 is 10.6 Å². The molecule has 0 aliphatic heterocycles. The van der Waals surface area contributed by atoms with E-state index in [0.717, 1.165) is 48.1 Å². The Labute approximate surface area is 194 Å². The molecule has 0 unspecified atom stereocenters. The summed E-state index contributed by atoms with van der Waals surface area (Å²) in [4.78, 5) is 18.2. The molecule has 2 rings (SSSR count). The van der Waals surface area contributed by atoms with E-state index in [1.54, 1.807) is 11.9 Å². The number of rotatable bonds is 11. The number of carbonyl (C=O) groups is 1. The molecule has 1 amide bonds. The van der Waals surface area contributed by atoms with E-state index in [-0.39, 0.29) is 29.9 Å². The third-order valence-electron chi connectivity index (χ3n) is 4.45. The molecule has 1 fully saturated rings. The van der Waals surface area contributed by atoms with E-state index < -0.39 is 0 Å². The molecule has 1 aliphatic rings. The van der Waals surface area contributed by atoms with Gasteiger partial charge in [-0.05, 0) is 36.8 Å². The third-order valence-corrected chi connectivity index (χ3v) is 5.23. The summed E-state index contributed by atoms with van der Waals surface area (Å²) in [5.74, 6) is 1.63. The third kappa shape index (κ3) is 10.1. The highest BCUT2D eigenvalue weighted by Crippen LogP contribution is 2.28. The average Bonchev–Trinajstić information content (AvgIpc) is 3.49. The Kier molecular flexibility index (Phi) is 12.7. The first-order valence-electron chi connectivity index (χ1n) is 9.59. The summed E-state index contributed by atoms with van der Waals surface area (Å²) in [6.07, 6.45) is 4.02. The van der Waals surface area contributed by atoms with Crippen molar-refractivity contribution in [2.45, 2.75) is 32.2 Å². The van der Waals surface area contributed by atoms with Crippen LogP contribution in [0.1, 0.15) is 31.2 Å². The minimum atomic E-state index is 0. The number of nitrogens with zero attached hydrogens (tertiary/aromatic N) is 2. The lowest BCUT2D eigenvalue weighted by Crippen LogP contribution is -2.40. The summed E-state index contributed by atoms with van der Waals surface area (Å²) in [6, 6.07) is 7.96. The van der Waals surface area contributed by atoms with Crippen LogP contribution in [0.25, 0.3) is 0 Å². The van der Waals surface area contributed by atoms with Gasteiger partial charge in [0.05, 0.1) is 0 Å². The maximum Gasteiger partial charge on any atom is 0.224 e. The highest BCUT2D eigenvalue weighted by molar-refractivity contribution is 14.0. The number of halogens is 2. The largest absolute Gasteiger partial charge is 0.381 e. The molecule has 2 N–H and O–H groups in total. The fourth-order valence-electron chi connectivity index (χ4n) is 2.59. The second-order valence-corrected chi connectivity index (χ2v) is 7.74. The molecule has 0 bridgehead atoms. The lowest BCUT2D eigenvalue weighted by molar-refractivity contribution is -0.130. The van der Waals surface area contributed by atoms with E-state index >= 15 is 0 Å². The van der Waals surface area contributed by atoms with Crippen molar-refractivity contribution in [3.63, 3.8) is 0 Å². The van der Waals surface area contributed by atoms with E-state index in [1.165, 1.54) is 12.8 Å². The fourth-order valence-corrected chi connectivity index (χ4v) is 3.00. The Balaban J connectivity index is 0.00000392. The molecule has 0 saturated heterocycles. The molecule has 0 spiro atoms. The van der Waals surface area contributed by atoms with Gasteiger partial charge in [-0.1, -0.05) is 34.1 Å². The van der Waals surface area contributed by atoms with Crippen LogP contribution in [-0.2, 0) is 16.1 Å². The van der Waals surface area contributed by atoms with Crippen LogP contribution in [0.2, 0.25) is 0 Å². The topological polar surface area (TPSA) is 66.0 Å². The zero-order valence-electron chi connectivity index (χ0n) is 16.7. The van der Waals surface area contributed by atoms with Crippen molar-refractivity contribution in [2.75, 3.05) is 40.4 Å². The molecule has 158 valence electrons. The van der Waals surface area contributed by atoms with E-state index in [4.69, 9.17) is 4.74 Å². The molecule has 6 nitrogen and oxygen atoms in total. The van der Waals surface area contributed by atoms with Crippen molar-refractivity contribution >= 4 is 51.8 Å². The molecule has 1 aliphatic carbocycles. The van der Waals surface area contributed by atoms with Crippen LogP contribution in [0.15, 0.2) is 33.7 Å². The lowest BCUT2D eigenvalue weighted by Gasteiger charge is -2.19. The number of hydrogen-bond donors (Lipinski definition) is 2. The summed E-state index contributed by atoms with van der Waals surface area (Å²) in [5.41, 5.74) is 1.10. The van der Waals surface area contributed by atoms with Gasteiger partial charge in [0.15, 0.2) is 5.96 Å². The minimum absolute atomic E-state index is 0. The van der Waals surface area contributed by atoms with E-state index in [0.29, 0.717) is 19.5 Å². The standard InChI is InChI=1S/C20H31BrN4O2.HI/c1-22-20(23-11-5-13-27-15-16-8-9-16)24-12-10-19(26)25(2)14-17-6-3-4-7-18(17)21;/h3-4,6-7,16H,5,8-15H2,1-2H3,(H2,22,23,24);1H. The van der Waals surface area contributed by atoms with Gasteiger partial charge < -0.3 is 20.3 Å². The quantitative estimate of drug-likeness (QED) is 0.186. The summed E-state index contributed by atoms with van der Waals surface area (Å²) in [7, 11) is 3.57. The van der Waals surface area contributed by atoms with Gasteiger partial charge in [0, 0.05) is 57.8 Å². The van der Waals surface area contributed by atoms with Crippen LogP contribution in [0.5, 0.6) is 0 Å². The van der Waals surface area contributed by atoms with Crippen LogP contribution >= 0.6 is 39.9 Å². The minimum Gasteiger partial charge on any atom is -0.381 e. The Morgan fingerprint density at radius 2 is 2.00 bits per heavy atom. The predicted molar refractivity (Wildman–Crippen MR) is 128 cm³/mol. The first kappa shape index (κ1) is 25.2. The van der Waals surface area contributed by atoms with E-state index in [2.05, 4.69) is 31.6 Å². The molecule has 28 heavy (non-hydrogen) atoms. The van der Waals surface area contributed by atoms with Gasteiger partial charge in [-0.25, -0.2) is 0 Å². The van der Waals surface area contributed by atoms with Crippen LogP contribution in [0.3, 0.4) is 0 Å². The Morgan fingerprint density at radius 1 is 1.29 bits per heavy atom. The number of amides is 1.